The molecule has 0 bridgehead atoms. The van der Waals surface area contributed by atoms with Crippen molar-refractivity contribution in [3.63, 3.8) is 0 Å². The maximum Gasteiger partial charge on any atom is 0.236 e. The van der Waals surface area contributed by atoms with E-state index < -0.39 is 0 Å². The van der Waals surface area contributed by atoms with Gasteiger partial charge in [0.1, 0.15) is 0 Å². The van der Waals surface area contributed by atoms with E-state index in [1.807, 2.05) is 11.0 Å². The van der Waals surface area contributed by atoms with Gasteiger partial charge in [0.2, 0.25) is 11.9 Å². The van der Waals surface area contributed by atoms with Crippen molar-refractivity contribution in [2.75, 3.05) is 37.6 Å². The molecule has 2 fully saturated rings. The summed E-state index contributed by atoms with van der Waals surface area (Å²) in [4.78, 5) is 28.1. The van der Waals surface area contributed by atoms with Gasteiger partial charge in [-0.05, 0) is 36.0 Å². The monoisotopic (exact) mass is 393 g/mol. The number of hydrogen-bond acceptors (Lipinski definition) is 5. The van der Waals surface area contributed by atoms with Crippen LogP contribution in [0.1, 0.15) is 43.7 Å². The van der Waals surface area contributed by atoms with Crippen molar-refractivity contribution in [2.45, 2.75) is 45.2 Å². The second-order valence-corrected chi connectivity index (χ2v) is 8.45. The first kappa shape index (κ1) is 19.8. The third-order valence-corrected chi connectivity index (χ3v) is 5.90. The van der Waals surface area contributed by atoms with E-state index in [-0.39, 0.29) is 5.91 Å². The lowest BCUT2D eigenvalue weighted by Crippen LogP contribution is -2.51. The maximum atomic E-state index is 13.0. The molecule has 2 aromatic rings. The predicted octanol–water partition coefficient (Wildman–Crippen LogP) is 2.91. The van der Waals surface area contributed by atoms with Crippen molar-refractivity contribution in [3.8, 4) is 0 Å². The number of hydrogen-bond donors (Lipinski definition) is 0. The van der Waals surface area contributed by atoms with Gasteiger partial charge in [0, 0.05) is 51.2 Å². The molecular weight excluding hydrogens is 362 g/mol. The van der Waals surface area contributed by atoms with E-state index in [1.54, 1.807) is 12.4 Å². The smallest absolute Gasteiger partial charge is 0.236 e. The highest BCUT2D eigenvalue weighted by Crippen LogP contribution is 2.28. The van der Waals surface area contributed by atoms with E-state index in [9.17, 15) is 4.79 Å². The molecule has 4 rings (SSSR count). The first-order chi connectivity index (χ1) is 14.1. The molecule has 0 unspecified atom stereocenters. The lowest BCUT2D eigenvalue weighted by Gasteiger charge is -2.35. The zero-order chi connectivity index (χ0) is 20.2. The highest BCUT2D eigenvalue weighted by atomic mass is 16.2. The van der Waals surface area contributed by atoms with Crippen LogP contribution >= 0.6 is 0 Å². The van der Waals surface area contributed by atoms with Gasteiger partial charge in [0.05, 0.1) is 6.54 Å². The van der Waals surface area contributed by atoms with Gasteiger partial charge in [-0.1, -0.05) is 38.1 Å². The third kappa shape index (κ3) is 5.12. The number of anilines is 1. The number of benzene rings is 1. The summed E-state index contributed by atoms with van der Waals surface area (Å²) in [5.74, 6) is 1.54. The number of carbonyl (C=O) groups excluding carboxylic acids is 1. The van der Waals surface area contributed by atoms with Crippen molar-refractivity contribution in [1.82, 2.24) is 19.8 Å². The van der Waals surface area contributed by atoms with Crippen LogP contribution in [0.2, 0.25) is 0 Å². The highest BCUT2D eigenvalue weighted by Gasteiger charge is 2.32. The van der Waals surface area contributed by atoms with Crippen LogP contribution in [-0.4, -0.2) is 64.4 Å². The molecule has 1 saturated heterocycles. The van der Waals surface area contributed by atoms with Crippen molar-refractivity contribution in [3.05, 3.63) is 53.9 Å². The van der Waals surface area contributed by atoms with Gasteiger partial charge in [-0.25, -0.2) is 9.97 Å². The maximum absolute atomic E-state index is 13.0. The van der Waals surface area contributed by atoms with Crippen molar-refractivity contribution in [2.24, 2.45) is 0 Å². The summed E-state index contributed by atoms with van der Waals surface area (Å²) in [5, 5.41) is 0. The number of piperazine rings is 1. The first-order valence-corrected chi connectivity index (χ1v) is 10.7. The molecule has 2 heterocycles. The number of amides is 1. The van der Waals surface area contributed by atoms with Gasteiger partial charge < -0.3 is 9.80 Å². The number of carbonyl (C=O) groups is 1. The second kappa shape index (κ2) is 8.91. The molecule has 1 aromatic heterocycles. The molecule has 1 aliphatic carbocycles. The molecular formula is C23H31N5O. The minimum Gasteiger partial charge on any atom is -0.338 e. The van der Waals surface area contributed by atoms with Gasteiger partial charge in [0.15, 0.2) is 0 Å². The van der Waals surface area contributed by atoms with Crippen LogP contribution < -0.4 is 4.90 Å². The third-order valence-electron chi connectivity index (χ3n) is 5.90. The Labute approximate surface area is 173 Å². The largest absolute Gasteiger partial charge is 0.338 e. The van der Waals surface area contributed by atoms with E-state index in [0.29, 0.717) is 18.5 Å². The van der Waals surface area contributed by atoms with E-state index >= 15 is 0 Å². The molecule has 1 aromatic carbocycles. The van der Waals surface area contributed by atoms with Gasteiger partial charge in [-0.2, -0.15) is 0 Å². The SMILES string of the molecule is CC(C)c1ccc(CN(CC(=O)N2CCN(c3ncccn3)CC2)C2CC2)cc1. The van der Waals surface area contributed by atoms with Crippen molar-refractivity contribution in [1.29, 1.82) is 0 Å². The Hall–Kier alpha value is -2.47. The Morgan fingerprint density at radius 2 is 1.72 bits per heavy atom. The van der Waals surface area contributed by atoms with Crippen LogP contribution in [0.25, 0.3) is 0 Å². The Balaban J connectivity index is 1.31. The van der Waals surface area contributed by atoms with Crippen LogP contribution in [0.4, 0.5) is 5.95 Å². The topological polar surface area (TPSA) is 52.6 Å². The quantitative estimate of drug-likeness (QED) is 0.724. The van der Waals surface area contributed by atoms with Crippen LogP contribution in [0.3, 0.4) is 0 Å². The molecule has 154 valence electrons. The van der Waals surface area contributed by atoms with Crippen LogP contribution in [0.5, 0.6) is 0 Å². The molecule has 29 heavy (non-hydrogen) atoms. The summed E-state index contributed by atoms with van der Waals surface area (Å²) in [5.41, 5.74) is 2.66. The van der Waals surface area contributed by atoms with Crippen LogP contribution in [0.15, 0.2) is 42.7 Å². The second-order valence-electron chi connectivity index (χ2n) is 8.45. The summed E-state index contributed by atoms with van der Waals surface area (Å²) >= 11 is 0. The van der Waals surface area contributed by atoms with E-state index in [2.05, 4.69) is 57.9 Å². The molecule has 1 aliphatic heterocycles. The molecule has 6 nitrogen and oxygen atoms in total. The average molecular weight is 394 g/mol. The molecule has 1 saturated carbocycles. The van der Waals surface area contributed by atoms with Gasteiger partial charge in [-0.3, -0.25) is 9.69 Å². The van der Waals surface area contributed by atoms with E-state index in [0.717, 1.165) is 38.7 Å². The molecule has 6 heteroatoms. The Morgan fingerprint density at radius 1 is 1.07 bits per heavy atom. The number of nitrogens with zero attached hydrogens (tertiary/aromatic N) is 5. The Kier molecular flexibility index (Phi) is 6.09. The molecule has 0 atom stereocenters. The number of rotatable bonds is 7. The predicted molar refractivity (Wildman–Crippen MR) is 115 cm³/mol. The summed E-state index contributed by atoms with van der Waals surface area (Å²) in [6.07, 6.45) is 5.94. The number of aromatic nitrogens is 2. The molecule has 0 N–H and O–H groups in total. The normalized spacial score (nSPS) is 17.2. The Bertz CT molecular complexity index is 796. The fourth-order valence-corrected chi connectivity index (χ4v) is 3.88. The Morgan fingerprint density at radius 3 is 2.31 bits per heavy atom. The molecule has 2 aliphatic rings. The lowest BCUT2D eigenvalue weighted by atomic mass is 10.0. The zero-order valence-electron chi connectivity index (χ0n) is 17.5. The zero-order valence-corrected chi connectivity index (χ0v) is 17.5. The molecule has 0 spiro atoms. The van der Waals surface area contributed by atoms with Crippen molar-refractivity contribution >= 4 is 11.9 Å². The first-order valence-electron chi connectivity index (χ1n) is 10.7. The summed E-state index contributed by atoms with van der Waals surface area (Å²) in [6.45, 7) is 8.84. The minimum atomic E-state index is 0.240. The minimum absolute atomic E-state index is 0.240. The van der Waals surface area contributed by atoms with Gasteiger partial charge in [-0.15, -0.1) is 0 Å². The van der Waals surface area contributed by atoms with Crippen molar-refractivity contribution < 1.29 is 4.79 Å². The van der Waals surface area contributed by atoms with Gasteiger partial charge in [0.25, 0.3) is 0 Å². The van der Waals surface area contributed by atoms with E-state index in [4.69, 9.17) is 0 Å². The van der Waals surface area contributed by atoms with E-state index in [1.165, 1.54) is 24.0 Å². The van der Waals surface area contributed by atoms with Gasteiger partial charge >= 0.3 is 0 Å². The van der Waals surface area contributed by atoms with Crippen LogP contribution in [0, 0.1) is 0 Å². The summed E-state index contributed by atoms with van der Waals surface area (Å²) in [6, 6.07) is 11.3. The lowest BCUT2D eigenvalue weighted by molar-refractivity contribution is -0.133. The summed E-state index contributed by atoms with van der Waals surface area (Å²) < 4.78 is 0. The average Bonchev–Trinajstić information content (AvgIpc) is 3.60. The highest BCUT2D eigenvalue weighted by molar-refractivity contribution is 5.78. The standard InChI is InChI=1S/C23H31N5O/c1-18(2)20-6-4-19(5-7-20)16-28(21-8-9-21)17-22(29)26-12-14-27(15-13-26)23-24-10-3-11-25-23/h3-7,10-11,18,21H,8-9,12-17H2,1-2H3. The fraction of sp³-hybridized carbons (Fsp3) is 0.522. The fourth-order valence-electron chi connectivity index (χ4n) is 3.88. The summed E-state index contributed by atoms with van der Waals surface area (Å²) in [7, 11) is 0. The molecule has 0 radical (unpaired) electrons. The molecule has 1 amide bonds. The van der Waals surface area contributed by atoms with Crippen LogP contribution in [-0.2, 0) is 11.3 Å².